The van der Waals surface area contributed by atoms with Crippen LogP contribution < -0.4 is 16.0 Å². The lowest BCUT2D eigenvalue weighted by atomic mass is 9.98. The molecule has 3 N–H and O–H groups in total. The molecule has 10 heteroatoms. The van der Waals surface area contributed by atoms with Crippen molar-refractivity contribution in [3.05, 3.63) is 46.5 Å². The van der Waals surface area contributed by atoms with Crippen LogP contribution in [0.3, 0.4) is 0 Å². The number of benzene rings is 1. The molecule has 1 aromatic heterocycles. The van der Waals surface area contributed by atoms with E-state index in [1.807, 2.05) is 10.2 Å². The first kappa shape index (κ1) is 22.3. The fourth-order valence-electron chi connectivity index (χ4n) is 3.48. The van der Waals surface area contributed by atoms with Crippen molar-refractivity contribution in [3.63, 3.8) is 0 Å². The number of rotatable bonds is 4. The van der Waals surface area contributed by atoms with Gasteiger partial charge in [0.1, 0.15) is 11.9 Å². The maximum Gasteiger partial charge on any atom is 0.408 e. The molecule has 0 bridgehead atoms. The molecule has 1 fully saturated rings. The van der Waals surface area contributed by atoms with E-state index in [4.69, 9.17) is 17.3 Å². The number of alkyl halides is 3. The largest absolute Gasteiger partial charge is 0.408 e. The van der Waals surface area contributed by atoms with Crippen molar-refractivity contribution in [1.29, 1.82) is 0 Å². The van der Waals surface area contributed by atoms with Crippen LogP contribution in [-0.2, 0) is 0 Å². The van der Waals surface area contributed by atoms with Gasteiger partial charge in [-0.2, -0.15) is 13.2 Å². The van der Waals surface area contributed by atoms with Crippen molar-refractivity contribution in [2.45, 2.75) is 38.5 Å². The van der Waals surface area contributed by atoms with E-state index in [0.29, 0.717) is 42.0 Å². The van der Waals surface area contributed by atoms with Gasteiger partial charge < -0.3 is 16.0 Å². The van der Waals surface area contributed by atoms with Gasteiger partial charge in [0.25, 0.3) is 5.91 Å². The number of anilines is 1. The number of carbonyl (C=O) groups is 1. The zero-order valence-electron chi connectivity index (χ0n) is 16.4. The summed E-state index contributed by atoms with van der Waals surface area (Å²) in [4.78, 5) is 18.8. The second-order valence-corrected chi connectivity index (χ2v) is 7.81. The third-order valence-corrected chi connectivity index (χ3v) is 5.23. The quantitative estimate of drug-likeness (QED) is 0.697. The third kappa shape index (κ3) is 4.67. The Labute approximate surface area is 176 Å². The highest BCUT2D eigenvalue weighted by molar-refractivity contribution is 6.31. The summed E-state index contributed by atoms with van der Waals surface area (Å²) in [6, 6.07) is 1.70. The monoisotopic (exact) mass is 444 g/mol. The van der Waals surface area contributed by atoms with Gasteiger partial charge in [0.05, 0.1) is 11.3 Å². The van der Waals surface area contributed by atoms with Gasteiger partial charge in [-0.15, -0.1) is 0 Å². The average Bonchev–Trinajstić information content (AvgIpc) is 3.05. The summed E-state index contributed by atoms with van der Waals surface area (Å²) in [6.45, 7) is 3.43. The van der Waals surface area contributed by atoms with Crippen LogP contribution in [0.2, 0.25) is 5.02 Å². The van der Waals surface area contributed by atoms with Crippen molar-refractivity contribution >= 4 is 23.2 Å². The lowest BCUT2D eigenvalue weighted by molar-refractivity contribution is -0.149. The molecule has 1 amide bonds. The molecule has 1 aromatic carbocycles. The molecule has 2 atom stereocenters. The molecule has 30 heavy (non-hydrogen) atoms. The number of nitrogens with one attached hydrogen (secondary N) is 1. The van der Waals surface area contributed by atoms with Crippen LogP contribution in [0.25, 0.3) is 11.1 Å². The van der Waals surface area contributed by atoms with Crippen LogP contribution in [0.1, 0.15) is 29.4 Å². The lowest BCUT2D eigenvalue weighted by Crippen LogP contribution is -2.43. The third-order valence-electron chi connectivity index (χ3n) is 5.02. The van der Waals surface area contributed by atoms with Crippen LogP contribution in [0, 0.1) is 12.7 Å². The van der Waals surface area contributed by atoms with Crippen molar-refractivity contribution in [3.8, 4) is 11.1 Å². The normalized spacial score (nSPS) is 17.9. The van der Waals surface area contributed by atoms with Gasteiger partial charge in [-0.25, -0.2) is 4.39 Å². The Morgan fingerprint density at radius 3 is 2.63 bits per heavy atom. The average molecular weight is 445 g/mol. The first-order valence-corrected chi connectivity index (χ1v) is 9.69. The summed E-state index contributed by atoms with van der Waals surface area (Å²) >= 11 is 6.01. The maximum absolute atomic E-state index is 14.0. The fourth-order valence-corrected chi connectivity index (χ4v) is 3.70. The topological polar surface area (TPSA) is 71.2 Å². The molecule has 1 aliphatic rings. The summed E-state index contributed by atoms with van der Waals surface area (Å²) in [5.41, 5.74) is 7.62. The van der Waals surface area contributed by atoms with Crippen LogP contribution in [-0.4, -0.2) is 42.2 Å². The van der Waals surface area contributed by atoms with E-state index in [9.17, 15) is 22.4 Å². The minimum atomic E-state index is -4.59. The summed E-state index contributed by atoms with van der Waals surface area (Å²) in [5, 5.41) is 2.12. The van der Waals surface area contributed by atoms with E-state index in [-0.39, 0.29) is 16.6 Å². The summed E-state index contributed by atoms with van der Waals surface area (Å²) in [7, 11) is 0. The molecule has 2 aromatic rings. The van der Waals surface area contributed by atoms with E-state index >= 15 is 0 Å². The number of nitrogens with zero attached hydrogens (tertiary/aromatic N) is 2. The van der Waals surface area contributed by atoms with E-state index in [1.165, 1.54) is 18.3 Å². The first-order chi connectivity index (χ1) is 14.0. The fraction of sp³-hybridized carbons (Fsp3) is 0.400. The number of pyridine rings is 1. The highest BCUT2D eigenvalue weighted by Crippen LogP contribution is 2.39. The van der Waals surface area contributed by atoms with Gasteiger partial charge in [-0.05, 0) is 44.0 Å². The highest BCUT2D eigenvalue weighted by atomic mass is 35.5. The minimum Gasteiger partial charge on any atom is -0.369 e. The van der Waals surface area contributed by atoms with E-state index in [1.54, 1.807) is 6.92 Å². The van der Waals surface area contributed by atoms with Crippen LogP contribution in [0.15, 0.2) is 24.4 Å². The smallest absolute Gasteiger partial charge is 0.369 e. The zero-order chi connectivity index (χ0) is 22.2. The van der Waals surface area contributed by atoms with Crippen molar-refractivity contribution in [2.75, 3.05) is 18.0 Å². The van der Waals surface area contributed by atoms with Gasteiger partial charge >= 0.3 is 6.18 Å². The number of aryl methyl sites for hydroxylation is 1. The number of halogens is 5. The standard InChI is InChI=1S/C20H21ClF4N4O/c1-10-17(12-5-13(21)7-14(22)6-12)18(29-4-3-15(26)9-29)16(8-27-10)19(30)28-11(2)20(23,24)25/h5-8,11,15H,3-4,9,26H2,1-2H3,(H,28,30)/t11?,15-/m0/s1. The summed E-state index contributed by atoms with van der Waals surface area (Å²) in [6.07, 6.45) is -2.72. The molecule has 1 aliphatic heterocycles. The van der Waals surface area contributed by atoms with Gasteiger partial charge in [-0.1, -0.05) is 11.6 Å². The van der Waals surface area contributed by atoms with Crippen molar-refractivity contribution in [1.82, 2.24) is 10.3 Å². The molecule has 0 saturated carbocycles. The van der Waals surface area contributed by atoms with Crippen LogP contribution in [0.4, 0.5) is 23.2 Å². The number of hydrogen-bond donors (Lipinski definition) is 2. The second-order valence-electron chi connectivity index (χ2n) is 7.37. The summed E-state index contributed by atoms with van der Waals surface area (Å²) < 4.78 is 52.9. The van der Waals surface area contributed by atoms with E-state index in [0.717, 1.165) is 13.0 Å². The first-order valence-electron chi connectivity index (χ1n) is 9.31. The predicted molar refractivity (Wildman–Crippen MR) is 107 cm³/mol. The SMILES string of the molecule is Cc1ncc(C(=O)NC(C)C(F)(F)F)c(N2CC[C@H](N)C2)c1-c1cc(F)cc(Cl)c1. The Morgan fingerprint density at radius 2 is 2.07 bits per heavy atom. The zero-order valence-corrected chi connectivity index (χ0v) is 17.1. The number of nitrogens with two attached hydrogens (primary N) is 1. The molecule has 3 rings (SSSR count). The van der Waals surface area contributed by atoms with Crippen molar-refractivity contribution in [2.24, 2.45) is 5.73 Å². The molecular formula is C20H21ClF4N4O. The Bertz CT molecular complexity index is 946. The number of carbonyl (C=O) groups excluding carboxylic acids is 1. The Kier molecular flexibility index (Phi) is 6.24. The lowest BCUT2D eigenvalue weighted by Gasteiger charge is -2.27. The molecule has 1 saturated heterocycles. The number of aromatic nitrogens is 1. The number of amides is 1. The maximum atomic E-state index is 14.0. The van der Waals surface area contributed by atoms with Crippen molar-refractivity contribution < 1.29 is 22.4 Å². The second kappa shape index (κ2) is 8.39. The van der Waals surface area contributed by atoms with Gasteiger partial charge in [-0.3, -0.25) is 9.78 Å². The predicted octanol–water partition coefficient (Wildman–Crippen LogP) is 4.07. The Balaban J connectivity index is 2.17. The van der Waals surface area contributed by atoms with Gasteiger partial charge in [0.15, 0.2) is 0 Å². The molecule has 2 heterocycles. The molecule has 0 spiro atoms. The minimum absolute atomic E-state index is 0.0406. The highest BCUT2D eigenvalue weighted by Gasteiger charge is 2.38. The molecule has 0 radical (unpaired) electrons. The van der Waals surface area contributed by atoms with Crippen LogP contribution >= 0.6 is 11.6 Å². The molecule has 1 unspecified atom stereocenters. The van der Waals surface area contributed by atoms with Crippen LogP contribution in [0.5, 0.6) is 0 Å². The van der Waals surface area contributed by atoms with E-state index in [2.05, 4.69) is 4.98 Å². The van der Waals surface area contributed by atoms with Gasteiger partial charge in [0, 0.05) is 41.6 Å². The molecular weight excluding hydrogens is 424 g/mol. The molecule has 162 valence electrons. The number of hydrogen-bond acceptors (Lipinski definition) is 4. The van der Waals surface area contributed by atoms with Gasteiger partial charge in [0.2, 0.25) is 0 Å². The Morgan fingerprint density at radius 1 is 1.37 bits per heavy atom. The molecule has 0 aliphatic carbocycles. The van der Waals surface area contributed by atoms with E-state index < -0.39 is 23.9 Å². The summed E-state index contributed by atoms with van der Waals surface area (Å²) in [5.74, 6) is -1.51. The molecule has 5 nitrogen and oxygen atoms in total. The Hall–Kier alpha value is -2.39.